The zero-order valence-corrected chi connectivity index (χ0v) is 15.3. The molecule has 1 heterocycles. The molecule has 24 heavy (non-hydrogen) atoms. The SMILES string of the molecule is CC(=O)N1CCC(C(=O)N[C@H](C)c2ccc(CC(C)C)cc2)CC1. The smallest absolute Gasteiger partial charge is 0.223 e. The number of amides is 2. The minimum atomic E-state index is 0.0106. The summed E-state index contributed by atoms with van der Waals surface area (Å²) in [6, 6.07) is 8.55. The van der Waals surface area contributed by atoms with Crippen molar-refractivity contribution in [2.75, 3.05) is 13.1 Å². The molecule has 0 saturated carbocycles. The van der Waals surface area contributed by atoms with Gasteiger partial charge in [-0.05, 0) is 43.2 Å². The Morgan fingerprint density at radius 2 is 1.71 bits per heavy atom. The van der Waals surface area contributed by atoms with Crippen LogP contribution in [0.4, 0.5) is 0 Å². The summed E-state index contributed by atoms with van der Waals surface area (Å²) >= 11 is 0. The van der Waals surface area contributed by atoms with Crippen LogP contribution >= 0.6 is 0 Å². The number of rotatable bonds is 5. The maximum atomic E-state index is 12.5. The Morgan fingerprint density at radius 1 is 1.12 bits per heavy atom. The van der Waals surface area contributed by atoms with E-state index in [1.807, 2.05) is 11.8 Å². The van der Waals surface area contributed by atoms with Crippen LogP contribution < -0.4 is 5.32 Å². The summed E-state index contributed by atoms with van der Waals surface area (Å²) in [6.45, 7) is 9.42. The third-order valence-electron chi connectivity index (χ3n) is 4.79. The van der Waals surface area contributed by atoms with Crippen molar-refractivity contribution in [3.8, 4) is 0 Å². The highest BCUT2D eigenvalue weighted by molar-refractivity contribution is 5.80. The molecule has 0 radical (unpaired) electrons. The number of piperidine rings is 1. The number of hydrogen-bond acceptors (Lipinski definition) is 2. The molecule has 1 aromatic carbocycles. The second kappa shape index (κ2) is 8.32. The second-order valence-electron chi connectivity index (χ2n) is 7.35. The van der Waals surface area contributed by atoms with Gasteiger partial charge in [0.15, 0.2) is 0 Å². The predicted octanol–water partition coefficient (Wildman–Crippen LogP) is 3.32. The first-order valence-electron chi connectivity index (χ1n) is 9.01. The summed E-state index contributed by atoms with van der Waals surface area (Å²) < 4.78 is 0. The first-order chi connectivity index (χ1) is 11.4. The molecule has 1 aliphatic rings. The lowest BCUT2D eigenvalue weighted by Crippen LogP contribution is -2.42. The Hall–Kier alpha value is -1.84. The Morgan fingerprint density at radius 3 is 2.21 bits per heavy atom. The molecule has 1 saturated heterocycles. The first-order valence-corrected chi connectivity index (χ1v) is 9.01. The van der Waals surface area contributed by atoms with E-state index >= 15 is 0 Å². The molecule has 1 atom stereocenters. The predicted molar refractivity (Wildman–Crippen MR) is 96.5 cm³/mol. The molecule has 1 fully saturated rings. The second-order valence-corrected chi connectivity index (χ2v) is 7.35. The lowest BCUT2D eigenvalue weighted by Gasteiger charge is -2.31. The fourth-order valence-corrected chi connectivity index (χ4v) is 3.28. The van der Waals surface area contributed by atoms with Crippen LogP contribution in [0.25, 0.3) is 0 Å². The van der Waals surface area contributed by atoms with Crippen molar-refractivity contribution in [2.24, 2.45) is 11.8 Å². The molecule has 0 aliphatic carbocycles. The maximum Gasteiger partial charge on any atom is 0.223 e. The van der Waals surface area contributed by atoms with Crippen LogP contribution in [-0.2, 0) is 16.0 Å². The van der Waals surface area contributed by atoms with Gasteiger partial charge in [-0.15, -0.1) is 0 Å². The zero-order valence-electron chi connectivity index (χ0n) is 15.3. The molecule has 1 aromatic rings. The van der Waals surface area contributed by atoms with Gasteiger partial charge >= 0.3 is 0 Å². The summed E-state index contributed by atoms with van der Waals surface area (Å²) in [4.78, 5) is 25.6. The molecule has 0 unspecified atom stereocenters. The van der Waals surface area contributed by atoms with Gasteiger partial charge in [0.2, 0.25) is 11.8 Å². The van der Waals surface area contributed by atoms with Crippen LogP contribution in [-0.4, -0.2) is 29.8 Å². The molecule has 1 aliphatic heterocycles. The standard InChI is InChI=1S/C20H30N2O2/c1-14(2)13-17-5-7-18(8-6-17)15(3)21-20(24)19-9-11-22(12-10-19)16(4)23/h5-8,14-15,19H,9-13H2,1-4H3,(H,21,24)/t15-/m1/s1. The van der Waals surface area contributed by atoms with Gasteiger partial charge in [0.05, 0.1) is 6.04 Å². The summed E-state index contributed by atoms with van der Waals surface area (Å²) in [5.74, 6) is 0.873. The number of nitrogens with one attached hydrogen (secondary N) is 1. The lowest BCUT2D eigenvalue weighted by molar-refractivity contribution is -0.134. The van der Waals surface area contributed by atoms with E-state index in [1.54, 1.807) is 6.92 Å². The Labute approximate surface area is 145 Å². The quantitative estimate of drug-likeness (QED) is 0.900. The summed E-state index contributed by atoms with van der Waals surface area (Å²) in [5, 5.41) is 3.13. The third-order valence-corrected chi connectivity index (χ3v) is 4.79. The fourth-order valence-electron chi connectivity index (χ4n) is 3.28. The first kappa shape index (κ1) is 18.5. The summed E-state index contributed by atoms with van der Waals surface area (Å²) in [6.07, 6.45) is 2.59. The molecule has 2 rings (SSSR count). The van der Waals surface area contributed by atoms with Crippen molar-refractivity contribution in [3.05, 3.63) is 35.4 Å². The topological polar surface area (TPSA) is 49.4 Å². The van der Waals surface area contributed by atoms with E-state index in [2.05, 4.69) is 43.4 Å². The van der Waals surface area contributed by atoms with Crippen molar-refractivity contribution < 1.29 is 9.59 Å². The highest BCUT2D eigenvalue weighted by Crippen LogP contribution is 2.20. The minimum Gasteiger partial charge on any atom is -0.349 e. The van der Waals surface area contributed by atoms with E-state index in [9.17, 15) is 9.59 Å². The highest BCUT2D eigenvalue weighted by Gasteiger charge is 2.26. The van der Waals surface area contributed by atoms with Gasteiger partial charge in [-0.2, -0.15) is 0 Å². The van der Waals surface area contributed by atoms with Crippen molar-refractivity contribution in [2.45, 2.75) is 53.0 Å². The summed E-state index contributed by atoms with van der Waals surface area (Å²) in [7, 11) is 0. The number of likely N-dealkylation sites (tertiary alicyclic amines) is 1. The van der Waals surface area contributed by atoms with Crippen LogP contribution in [0.2, 0.25) is 0 Å². The largest absolute Gasteiger partial charge is 0.349 e. The molecular weight excluding hydrogens is 300 g/mol. The van der Waals surface area contributed by atoms with E-state index < -0.39 is 0 Å². The van der Waals surface area contributed by atoms with E-state index in [0.717, 1.165) is 24.8 Å². The zero-order chi connectivity index (χ0) is 17.7. The molecule has 0 spiro atoms. The van der Waals surface area contributed by atoms with Gasteiger partial charge in [0.1, 0.15) is 0 Å². The van der Waals surface area contributed by atoms with Gasteiger partial charge in [-0.3, -0.25) is 9.59 Å². The Bertz CT molecular complexity index is 558. The Kier molecular flexibility index (Phi) is 6.41. The molecule has 0 aromatic heterocycles. The van der Waals surface area contributed by atoms with Crippen molar-refractivity contribution >= 4 is 11.8 Å². The monoisotopic (exact) mass is 330 g/mol. The van der Waals surface area contributed by atoms with Crippen LogP contribution in [0, 0.1) is 11.8 Å². The van der Waals surface area contributed by atoms with Crippen LogP contribution in [0.3, 0.4) is 0 Å². The van der Waals surface area contributed by atoms with Crippen molar-refractivity contribution in [3.63, 3.8) is 0 Å². The fraction of sp³-hybridized carbons (Fsp3) is 0.600. The average Bonchev–Trinajstić information content (AvgIpc) is 2.55. The number of nitrogens with zero attached hydrogens (tertiary/aromatic N) is 1. The molecular formula is C20H30N2O2. The van der Waals surface area contributed by atoms with Crippen LogP contribution in [0.15, 0.2) is 24.3 Å². The Balaban J connectivity index is 1.86. The van der Waals surface area contributed by atoms with Gasteiger partial charge in [0, 0.05) is 25.9 Å². The third kappa shape index (κ3) is 5.08. The van der Waals surface area contributed by atoms with Gasteiger partial charge in [-0.1, -0.05) is 38.1 Å². The van der Waals surface area contributed by atoms with Crippen LogP contribution in [0.1, 0.15) is 57.7 Å². The maximum absolute atomic E-state index is 12.5. The van der Waals surface area contributed by atoms with Gasteiger partial charge in [0.25, 0.3) is 0 Å². The van der Waals surface area contributed by atoms with Gasteiger partial charge < -0.3 is 10.2 Å². The number of carbonyl (C=O) groups excluding carboxylic acids is 2. The highest BCUT2D eigenvalue weighted by atomic mass is 16.2. The van der Waals surface area contributed by atoms with E-state index in [-0.39, 0.29) is 23.8 Å². The molecule has 2 amide bonds. The minimum absolute atomic E-state index is 0.0106. The van der Waals surface area contributed by atoms with Crippen molar-refractivity contribution in [1.29, 1.82) is 0 Å². The lowest BCUT2D eigenvalue weighted by atomic mass is 9.95. The van der Waals surface area contributed by atoms with Gasteiger partial charge in [-0.25, -0.2) is 0 Å². The van der Waals surface area contributed by atoms with E-state index in [1.165, 1.54) is 5.56 Å². The molecule has 1 N–H and O–H groups in total. The van der Waals surface area contributed by atoms with Crippen LogP contribution in [0.5, 0.6) is 0 Å². The van der Waals surface area contributed by atoms with Crippen molar-refractivity contribution in [1.82, 2.24) is 10.2 Å². The van der Waals surface area contributed by atoms with E-state index in [4.69, 9.17) is 0 Å². The molecule has 0 bridgehead atoms. The number of benzene rings is 1. The van der Waals surface area contributed by atoms with E-state index in [0.29, 0.717) is 19.0 Å². The number of hydrogen-bond donors (Lipinski definition) is 1. The molecule has 4 heteroatoms. The summed E-state index contributed by atoms with van der Waals surface area (Å²) in [5.41, 5.74) is 2.47. The molecule has 132 valence electrons. The normalized spacial score (nSPS) is 17.0. The average molecular weight is 330 g/mol. The molecule has 4 nitrogen and oxygen atoms in total. The number of carbonyl (C=O) groups is 2.